The molecule has 41 heavy (non-hydrogen) atoms. The fourth-order valence-corrected chi connectivity index (χ4v) is 4.03. The van der Waals surface area contributed by atoms with Gasteiger partial charge in [0.25, 0.3) is 0 Å². The molecule has 1 aromatic carbocycles. The molecule has 10 heteroatoms. The zero-order valence-corrected chi connectivity index (χ0v) is 23.2. The molecular weight excluding hydrogens is 539 g/mol. The number of benzene rings is 1. The number of carboxylic acids is 1. The first kappa shape index (κ1) is 33.9. The van der Waals surface area contributed by atoms with Crippen LogP contribution < -0.4 is 5.32 Å². The Morgan fingerprint density at radius 1 is 0.829 bits per heavy atom. The van der Waals surface area contributed by atoms with Gasteiger partial charge in [-0.2, -0.15) is 13.2 Å². The molecule has 2 aliphatic rings. The summed E-state index contributed by atoms with van der Waals surface area (Å²) in [5.74, 6) is 9.14. The lowest BCUT2D eigenvalue weighted by atomic mass is 10.1. The van der Waals surface area contributed by atoms with Gasteiger partial charge in [-0.1, -0.05) is 48.9 Å². The zero-order chi connectivity index (χ0) is 29.9. The van der Waals surface area contributed by atoms with Gasteiger partial charge in [-0.3, -0.25) is 9.59 Å². The van der Waals surface area contributed by atoms with E-state index in [9.17, 15) is 27.6 Å². The fraction of sp³-hybridized carbons (Fsp3) is 0.581. The Bertz CT molecular complexity index is 1100. The average Bonchev–Trinajstić information content (AvgIpc) is 2.89. The van der Waals surface area contributed by atoms with Crippen molar-refractivity contribution in [1.82, 2.24) is 5.32 Å². The first-order valence-corrected chi connectivity index (χ1v) is 14.0. The molecule has 1 amide bonds. The molecule has 0 spiro atoms. The number of rotatable bonds is 11. The number of amides is 1. The minimum atomic E-state index is -4.78. The minimum Gasteiger partial charge on any atom is -0.480 e. The van der Waals surface area contributed by atoms with E-state index in [-0.39, 0.29) is 37.7 Å². The van der Waals surface area contributed by atoms with Gasteiger partial charge in [0.1, 0.15) is 25.4 Å². The topological polar surface area (TPSA) is 102 Å². The molecule has 0 bridgehead atoms. The van der Waals surface area contributed by atoms with Gasteiger partial charge in [-0.25, -0.2) is 4.79 Å². The van der Waals surface area contributed by atoms with Crippen LogP contribution in [0.25, 0.3) is 0 Å². The van der Waals surface area contributed by atoms with Gasteiger partial charge in [0.05, 0.1) is 0 Å². The monoisotopic (exact) mass is 577 g/mol. The Morgan fingerprint density at radius 2 is 1.37 bits per heavy atom. The Labute approximate surface area is 239 Å². The van der Waals surface area contributed by atoms with E-state index in [4.69, 9.17) is 14.6 Å². The molecular formula is C31H38F3NO6. The van der Waals surface area contributed by atoms with Crippen LogP contribution in [0.5, 0.6) is 0 Å². The van der Waals surface area contributed by atoms with Crippen molar-refractivity contribution >= 4 is 17.7 Å². The molecule has 1 aromatic rings. The van der Waals surface area contributed by atoms with Crippen LogP contribution >= 0.6 is 0 Å². The normalized spacial score (nSPS) is 18.7. The number of aryl methyl sites for hydroxylation is 1. The summed E-state index contributed by atoms with van der Waals surface area (Å²) >= 11 is 0. The lowest BCUT2D eigenvalue weighted by Crippen LogP contribution is -2.29. The highest BCUT2D eigenvalue weighted by Crippen LogP contribution is 2.19. The number of carboxylic acid groups (broad SMARTS) is 1. The van der Waals surface area contributed by atoms with E-state index in [0.29, 0.717) is 12.1 Å². The number of hydrogen-bond donors (Lipinski definition) is 2. The van der Waals surface area contributed by atoms with Crippen molar-refractivity contribution in [2.45, 2.75) is 102 Å². The SMILES string of the molecule is O=C(COC1C#CCCCCC1)NCc1ccc(CCC(=O)C(F)(F)F)cc1.O=C(O)COC1C#CCCCCC1. The number of Topliss-reactive ketones (excluding diaryl/α,β-unsaturated/α-hetero) is 1. The van der Waals surface area contributed by atoms with E-state index in [1.165, 1.54) is 6.42 Å². The Kier molecular flexibility index (Phi) is 15.6. The van der Waals surface area contributed by atoms with Crippen molar-refractivity contribution < 1.29 is 42.1 Å². The van der Waals surface area contributed by atoms with Gasteiger partial charge in [0.15, 0.2) is 0 Å². The molecule has 0 aromatic heterocycles. The Balaban J connectivity index is 0.000000377. The number of carbonyl (C=O) groups is 3. The number of carbonyl (C=O) groups excluding carboxylic acids is 2. The third kappa shape index (κ3) is 15.9. The second-order valence-electron chi connectivity index (χ2n) is 9.85. The van der Waals surface area contributed by atoms with Crippen molar-refractivity contribution in [1.29, 1.82) is 0 Å². The predicted molar refractivity (Wildman–Crippen MR) is 147 cm³/mol. The summed E-state index contributed by atoms with van der Waals surface area (Å²) in [6.45, 7) is -0.00334. The highest BCUT2D eigenvalue weighted by Gasteiger charge is 2.37. The van der Waals surface area contributed by atoms with Crippen LogP contribution in [0.15, 0.2) is 24.3 Å². The van der Waals surface area contributed by atoms with E-state index in [1.54, 1.807) is 24.3 Å². The molecule has 2 unspecified atom stereocenters. The summed E-state index contributed by atoms with van der Waals surface area (Å²) in [6.07, 6.45) is 4.45. The first-order valence-electron chi connectivity index (χ1n) is 14.0. The van der Waals surface area contributed by atoms with E-state index in [2.05, 4.69) is 29.0 Å². The molecule has 0 radical (unpaired) electrons. The van der Waals surface area contributed by atoms with Gasteiger partial charge in [0, 0.05) is 25.8 Å². The summed E-state index contributed by atoms with van der Waals surface area (Å²) in [4.78, 5) is 33.0. The number of hydrogen-bond acceptors (Lipinski definition) is 5. The summed E-state index contributed by atoms with van der Waals surface area (Å²) in [6, 6.07) is 6.75. The van der Waals surface area contributed by atoms with Crippen molar-refractivity contribution in [3.63, 3.8) is 0 Å². The highest BCUT2D eigenvalue weighted by molar-refractivity contribution is 5.84. The van der Waals surface area contributed by atoms with Gasteiger partial charge >= 0.3 is 12.1 Å². The van der Waals surface area contributed by atoms with Crippen molar-refractivity contribution in [2.75, 3.05) is 13.2 Å². The molecule has 0 fully saturated rings. The quantitative estimate of drug-likeness (QED) is 0.353. The maximum Gasteiger partial charge on any atom is 0.449 e. The molecule has 0 saturated heterocycles. The van der Waals surface area contributed by atoms with Crippen LogP contribution in [0.3, 0.4) is 0 Å². The lowest BCUT2D eigenvalue weighted by molar-refractivity contribution is -0.171. The van der Waals surface area contributed by atoms with Gasteiger partial charge in [-0.15, -0.1) is 11.8 Å². The third-order valence-electron chi connectivity index (χ3n) is 6.36. The van der Waals surface area contributed by atoms with Gasteiger partial charge in [0.2, 0.25) is 11.7 Å². The Morgan fingerprint density at radius 3 is 1.90 bits per heavy atom. The molecule has 7 nitrogen and oxygen atoms in total. The van der Waals surface area contributed by atoms with Crippen LogP contribution in [0, 0.1) is 23.7 Å². The average molecular weight is 578 g/mol. The van der Waals surface area contributed by atoms with Crippen LogP contribution in [0.1, 0.15) is 81.8 Å². The van der Waals surface area contributed by atoms with Crippen LogP contribution in [-0.4, -0.2) is 54.4 Å². The predicted octanol–water partition coefficient (Wildman–Crippen LogP) is 5.14. The summed E-state index contributed by atoms with van der Waals surface area (Å²) < 4.78 is 47.3. The maximum absolute atomic E-state index is 12.2. The minimum absolute atomic E-state index is 0.0290. The maximum atomic E-state index is 12.2. The summed E-state index contributed by atoms with van der Waals surface area (Å²) in [5.41, 5.74) is 1.45. The van der Waals surface area contributed by atoms with Crippen LogP contribution in [-0.2, 0) is 36.8 Å². The van der Waals surface area contributed by atoms with E-state index >= 15 is 0 Å². The fourth-order valence-electron chi connectivity index (χ4n) is 4.03. The standard InChI is InChI=1S/C21H24F3NO3.C10H14O3/c22-21(23,24)19(26)13-12-16-8-10-17(11-9-16)14-25-20(27)15-28-18-6-4-2-1-3-5-7-18;11-10(12)8-13-9-6-4-2-1-3-5-7-9/h8-11,18H,1-4,6,12-15H2,(H,25,27);9H,1-4,6,8H2,(H,11,12). The van der Waals surface area contributed by atoms with Crippen molar-refractivity contribution in [3.05, 3.63) is 35.4 Å². The molecule has 0 saturated carbocycles. The molecule has 224 valence electrons. The number of nitrogens with one attached hydrogen (secondary N) is 1. The van der Waals surface area contributed by atoms with E-state index < -0.39 is 24.3 Å². The van der Waals surface area contributed by atoms with Crippen LogP contribution in [0.4, 0.5) is 13.2 Å². The lowest BCUT2D eigenvalue weighted by Gasteiger charge is -2.13. The first-order chi connectivity index (χ1) is 19.6. The zero-order valence-electron chi connectivity index (χ0n) is 23.2. The molecule has 0 aliphatic heterocycles. The number of aliphatic carboxylic acids is 1. The smallest absolute Gasteiger partial charge is 0.449 e. The summed E-state index contributed by atoms with van der Waals surface area (Å²) in [7, 11) is 0. The van der Waals surface area contributed by atoms with Gasteiger partial charge in [-0.05, 0) is 56.1 Å². The molecule has 0 heterocycles. The van der Waals surface area contributed by atoms with E-state index in [1.807, 2.05) is 0 Å². The highest BCUT2D eigenvalue weighted by atomic mass is 19.4. The number of halogens is 3. The molecule has 2 N–H and O–H groups in total. The summed E-state index contributed by atoms with van der Waals surface area (Å²) in [5, 5.41) is 11.1. The Hall–Kier alpha value is -3.34. The van der Waals surface area contributed by atoms with Gasteiger partial charge < -0.3 is 19.9 Å². The second kappa shape index (κ2) is 18.9. The molecule has 3 rings (SSSR count). The number of alkyl halides is 3. The number of ether oxygens (including phenoxy) is 2. The van der Waals surface area contributed by atoms with Crippen LogP contribution in [0.2, 0.25) is 0 Å². The second-order valence-corrected chi connectivity index (χ2v) is 9.85. The van der Waals surface area contributed by atoms with Crippen molar-refractivity contribution in [2.24, 2.45) is 0 Å². The third-order valence-corrected chi connectivity index (χ3v) is 6.36. The van der Waals surface area contributed by atoms with E-state index in [0.717, 1.165) is 63.4 Å². The number of ketones is 1. The largest absolute Gasteiger partial charge is 0.480 e. The molecule has 2 atom stereocenters. The van der Waals surface area contributed by atoms with Crippen molar-refractivity contribution in [3.8, 4) is 23.7 Å². The molecule has 2 aliphatic carbocycles.